The summed E-state index contributed by atoms with van der Waals surface area (Å²) < 4.78 is 5.35. The molecule has 0 amide bonds. The molecule has 4 heteroatoms. The lowest BCUT2D eigenvalue weighted by Crippen LogP contribution is -2.18. The Bertz CT molecular complexity index is 553. The standard InChI is InChI=1S/C15H18ClNOS/c1-10-7-8-19-15(10)11(2)17-9-12-13(16)5-4-6-14(12)18-3/h4-8,11,17H,9H2,1-3H3. The van der Waals surface area contributed by atoms with Crippen molar-refractivity contribution < 1.29 is 4.74 Å². The first-order chi connectivity index (χ1) is 9.13. The molecule has 1 heterocycles. The molecule has 0 radical (unpaired) electrons. The predicted molar refractivity (Wildman–Crippen MR) is 82.3 cm³/mol. The number of nitrogens with one attached hydrogen (secondary N) is 1. The molecule has 0 aliphatic carbocycles. The van der Waals surface area contributed by atoms with Crippen LogP contribution in [0.15, 0.2) is 29.6 Å². The predicted octanol–water partition coefficient (Wildman–Crippen LogP) is 4.57. The Hall–Kier alpha value is -1.03. The summed E-state index contributed by atoms with van der Waals surface area (Å²) in [6.07, 6.45) is 0. The molecular weight excluding hydrogens is 278 g/mol. The van der Waals surface area contributed by atoms with E-state index in [-0.39, 0.29) is 0 Å². The third kappa shape index (κ3) is 3.30. The number of thiophene rings is 1. The van der Waals surface area contributed by atoms with E-state index in [0.29, 0.717) is 12.6 Å². The number of methoxy groups -OCH3 is 1. The van der Waals surface area contributed by atoms with Crippen LogP contribution in [0.1, 0.15) is 29.0 Å². The molecule has 1 aromatic carbocycles. The van der Waals surface area contributed by atoms with E-state index in [0.717, 1.165) is 16.3 Å². The van der Waals surface area contributed by atoms with Crippen LogP contribution >= 0.6 is 22.9 Å². The summed E-state index contributed by atoms with van der Waals surface area (Å²) >= 11 is 8.01. The largest absolute Gasteiger partial charge is 0.496 e. The number of hydrogen-bond acceptors (Lipinski definition) is 3. The van der Waals surface area contributed by atoms with Gasteiger partial charge >= 0.3 is 0 Å². The van der Waals surface area contributed by atoms with E-state index in [9.17, 15) is 0 Å². The summed E-state index contributed by atoms with van der Waals surface area (Å²) in [6, 6.07) is 8.18. The molecule has 1 aromatic heterocycles. The van der Waals surface area contributed by atoms with Crippen LogP contribution in [0.3, 0.4) is 0 Å². The lowest BCUT2D eigenvalue weighted by Gasteiger charge is -2.16. The van der Waals surface area contributed by atoms with E-state index in [4.69, 9.17) is 16.3 Å². The van der Waals surface area contributed by atoms with Crippen LogP contribution in [-0.2, 0) is 6.54 Å². The Kier molecular flexibility index (Phi) is 4.86. The number of benzene rings is 1. The van der Waals surface area contributed by atoms with Gasteiger partial charge in [0, 0.05) is 28.0 Å². The quantitative estimate of drug-likeness (QED) is 0.872. The molecule has 0 saturated heterocycles. The molecule has 102 valence electrons. The zero-order valence-electron chi connectivity index (χ0n) is 11.4. The van der Waals surface area contributed by atoms with Gasteiger partial charge in [0.25, 0.3) is 0 Å². The Morgan fingerprint density at radius 3 is 2.79 bits per heavy atom. The Morgan fingerprint density at radius 2 is 2.16 bits per heavy atom. The highest BCUT2D eigenvalue weighted by Crippen LogP contribution is 2.28. The van der Waals surface area contributed by atoms with Crippen molar-refractivity contribution in [3.8, 4) is 5.75 Å². The number of halogens is 1. The van der Waals surface area contributed by atoms with Crippen molar-refractivity contribution in [1.82, 2.24) is 5.32 Å². The number of hydrogen-bond donors (Lipinski definition) is 1. The Labute approximate surface area is 123 Å². The van der Waals surface area contributed by atoms with Crippen molar-refractivity contribution in [2.45, 2.75) is 26.4 Å². The summed E-state index contributed by atoms with van der Waals surface area (Å²) in [5.41, 5.74) is 2.34. The van der Waals surface area contributed by atoms with Gasteiger partial charge in [-0.25, -0.2) is 0 Å². The lowest BCUT2D eigenvalue weighted by molar-refractivity contribution is 0.406. The minimum Gasteiger partial charge on any atom is -0.496 e. The van der Waals surface area contributed by atoms with Crippen molar-refractivity contribution in [2.75, 3.05) is 7.11 Å². The normalized spacial score (nSPS) is 12.4. The van der Waals surface area contributed by atoms with Gasteiger partial charge in [0.15, 0.2) is 0 Å². The average Bonchev–Trinajstić information content (AvgIpc) is 2.83. The summed E-state index contributed by atoms with van der Waals surface area (Å²) in [5.74, 6) is 0.829. The highest BCUT2D eigenvalue weighted by atomic mass is 35.5. The summed E-state index contributed by atoms with van der Waals surface area (Å²) in [7, 11) is 1.67. The molecule has 1 atom stereocenters. The summed E-state index contributed by atoms with van der Waals surface area (Å²) in [6.45, 7) is 5.00. The first kappa shape index (κ1) is 14.4. The molecule has 0 aliphatic rings. The minimum absolute atomic E-state index is 0.306. The highest BCUT2D eigenvalue weighted by molar-refractivity contribution is 7.10. The molecule has 2 rings (SSSR count). The van der Waals surface area contributed by atoms with Crippen molar-refractivity contribution >= 4 is 22.9 Å². The third-order valence-corrected chi connectivity index (χ3v) is 4.73. The maximum atomic E-state index is 6.23. The number of ether oxygens (including phenoxy) is 1. The molecule has 0 spiro atoms. The van der Waals surface area contributed by atoms with Gasteiger partial charge in [0.1, 0.15) is 5.75 Å². The van der Waals surface area contributed by atoms with Crippen LogP contribution < -0.4 is 10.1 Å². The van der Waals surface area contributed by atoms with Crippen molar-refractivity contribution in [2.24, 2.45) is 0 Å². The van der Waals surface area contributed by atoms with Crippen LogP contribution in [0.5, 0.6) is 5.75 Å². The second-order valence-electron chi connectivity index (χ2n) is 4.49. The van der Waals surface area contributed by atoms with E-state index in [2.05, 4.69) is 30.6 Å². The lowest BCUT2D eigenvalue weighted by atomic mass is 10.1. The van der Waals surface area contributed by atoms with Gasteiger partial charge in [0.2, 0.25) is 0 Å². The van der Waals surface area contributed by atoms with E-state index < -0.39 is 0 Å². The van der Waals surface area contributed by atoms with Crippen molar-refractivity contribution in [3.63, 3.8) is 0 Å². The second kappa shape index (κ2) is 6.42. The second-order valence-corrected chi connectivity index (χ2v) is 5.85. The van der Waals surface area contributed by atoms with Gasteiger partial charge in [-0.1, -0.05) is 17.7 Å². The minimum atomic E-state index is 0.306. The topological polar surface area (TPSA) is 21.3 Å². The van der Waals surface area contributed by atoms with E-state index in [1.165, 1.54) is 10.4 Å². The summed E-state index contributed by atoms with van der Waals surface area (Å²) in [5, 5.41) is 6.37. The monoisotopic (exact) mass is 295 g/mol. The zero-order valence-corrected chi connectivity index (χ0v) is 12.9. The van der Waals surface area contributed by atoms with Gasteiger partial charge in [0.05, 0.1) is 7.11 Å². The first-order valence-electron chi connectivity index (χ1n) is 6.22. The molecule has 0 bridgehead atoms. The van der Waals surface area contributed by atoms with Crippen LogP contribution in [-0.4, -0.2) is 7.11 Å². The fraction of sp³-hybridized carbons (Fsp3) is 0.333. The average molecular weight is 296 g/mol. The maximum absolute atomic E-state index is 6.23. The van der Waals surface area contributed by atoms with Crippen molar-refractivity contribution in [3.05, 3.63) is 50.7 Å². The molecule has 0 fully saturated rings. The van der Waals surface area contributed by atoms with Gasteiger partial charge < -0.3 is 10.1 Å². The zero-order chi connectivity index (χ0) is 13.8. The molecule has 1 unspecified atom stereocenters. The fourth-order valence-corrected chi connectivity index (χ4v) is 3.27. The van der Waals surface area contributed by atoms with E-state index in [1.54, 1.807) is 18.4 Å². The smallest absolute Gasteiger partial charge is 0.124 e. The molecule has 2 nitrogen and oxygen atoms in total. The van der Waals surface area contributed by atoms with Gasteiger partial charge in [-0.05, 0) is 43.0 Å². The molecule has 0 saturated carbocycles. The Balaban J connectivity index is 2.09. The third-order valence-electron chi connectivity index (χ3n) is 3.18. The van der Waals surface area contributed by atoms with Crippen LogP contribution in [0.25, 0.3) is 0 Å². The Morgan fingerprint density at radius 1 is 1.37 bits per heavy atom. The van der Waals surface area contributed by atoms with E-state index >= 15 is 0 Å². The van der Waals surface area contributed by atoms with Gasteiger partial charge in [-0.2, -0.15) is 0 Å². The van der Waals surface area contributed by atoms with Crippen LogP contribution in [0.4, 0.5) is 0 Å². The van der Waals surface area contributed by atoms with Gasteiger partial charge in [-0.15, -0.1) is 11.3 Å². The molecule has 19 heavy (non-hydrogen) atoms. The molecule has 0 aliphatic heterocycles. The van der Waals surface area contributed by atoms with Crippen LogP contribution in [0, 0.1) is 6.92 Å². The van der Waals surface area contributed by atoms with Gasteiger partial charge in [-0.3, -0.25) is 0 Å². The molecular formula is C15H18ClNOS. The van der Waals surface area contributed by atoms with Crippen LogP contribution in [0.2, 0.25) is 5.02 Å². The van der Waals surface area contributed by atoms with Crippen molar-refractivity contribution in [1.29, 1.82) is 0 Å². The molecule has 1 N–H and O–H groups in total. The number of rotatable bonds is 5. The molecule has 2 aromatic rings. The number of aryl methyl sites for hydroxylation is 1. The first-order valence-corrected chi connectivity index (χ1v) is 7.48. The fourth-order valence-electron chi connectivity index (χ4n) is 2.08. The summed E-state index contributed by atoms with van der Waals surface area (Å²) in [4.78, 5) is 1.37. The highest BCUT2D eigenvalue weighted by Gasteiger charge is 2.12. The maximum Gasteiger partial charge on any atom is 0.124 e. The van der Waals surface area contributed by atoms with E-state index in [1.807, 2.05) is 18.2 Å². The SMILES string of the molecule is COc1cccc(Cl)c1CNC(C)c1sccc1C.